The first-order chi connectivity index (χ1) is 16.5. The molecule has 1 aliphatic heterocycles. The maximum absolute atomic E-state index is 12.8. The molecule has 1 aromatic carbocycles. The Morgan fingerprint density at radius 2 is 1.69 bits per heavy atom. The number of aliphatic carboxylic acids is 1. The summed E-state index contributed by atoms with van der Waals surface area (Å²) in [6.07, 6.45) is 3.73. The van der Waals surface area contributed by atoms with Crippen LogP contribution >= 0.6 is 0 Å². The van der Waals surface area contributed by atoms with Crippen LogP contribution in [0.25, 0.3) is 0 Å². The van der Waals surface area contributed by atoms with E-state index in [2.05, 4.69) is 10.6 Å². The molecule has 0 aromatic heterocycles. The molecule has 1 aliphatic carbocycles. The third-order valence-electron chi connectivity index (χ3n) is 6.63. The number of ether oxygens (including phenoxy) is 1. The van der Waals surface area contributed by atoms with Gasteiger partial charge in [0.05, 0.1) is 0 Å². The lowest BCUT2D eigenvalue weighted by atomic mass is 9.81. The highest BCUT2D eigenvalue weighted by Gasteiger charge is 2.37. The van der Waals surface area contributed by atoms with E-state index >= 15 is 0 Å². The average molecular weight is 488 g/mol. The molecule has 0 spiro atoms. The third-order valence-corrected chi connectivity index (χ3v) is 6.63. The summed E-state index contributed by atoms with van der Waals surface area (Å²) < 4.78 is 5.43. The summed E-state index contributed by atoms with van der Waals surface area (Å²) in [6, 6.07) is 7.08. The molecule has 1 aromatic rings. The van der Waals surface area contributed by atoms with Gasteiger partial charge >= 0.3 is 12.1 Å². The predicted molar refractivity (Wildman–Crippen MR) is 129 cm³/mol. The van der Waals surface area contributed by atoms with Gasteiger partial charge in [-0.05, 0) is 70.8 Å². The minimum absolute atomic E-state index is 0.166. The molecule has 1 heterocycles. The van der Waals surface area contributed by atoms with Crippen molar-refractivity contribution in [2.75, 3.05) is 13.1 Å². The van der Waals surface area contributed by atoms with Crippen molar-refractivity contribution in [1.29, 1.82) is 0 Å². The number of nitrogens with zero attached hydrogens (tertiary/aromatic N) is 1. The number of likely N-dealkylation sites (tertiary alicyclic amines) is 1. The number of nitrogens with one attached hydrogen (secondary N) is 2. The lowest BCUT2D eigenvalue weighted by molar-refractivity contribution is -0.143. The summed E-state index contributed by atoms with van der Waals surface area (Å²) >= 11 is 0. The summed E-state index contributed by atoms with van der Waals surface area (Å²) in [5.74, 6) is -1.51. The Morgan fingerprint density at radius 1 is 1.03 bits per heavy atom. The van der Waals surface area contributed by atoms with Gasteiger partial charge in [-0.1, -0.05) is 30.3 Å². The Hall–Kier alpha value is -3.10. The topological polar surface area (TPSA) is 125 Å². The molecule has 0 unspecified atom stereocenters. The van der Waals surface area contributed by atoms with E-state index < -0.39 is 29.7 Å². The molecule has 1 saturated heterocycles. The first-order valence-electron chi connectivity index (χ1n) is 12.4. The smallest absolute Gasteiger partial charge is 0.410 e. The van der Waals surface area contributed by atoms with E-state index in [0.717, 1.165) is 19.3 Å². The molecule has 3 amide bonds. The van der Waals surface area contributed by atoms with Crippen LogP contribution in [0, 0.1) is 11.8 Å². The second kappa shape index (κ2) is 11.6. The summed E-state index contributed by atoms with van der Waals surface area (Å²) in [4.78, 5) is 51.1. The molecule has 3 N–H and O–H groups in total. The number of benzene rings is 1. The zero-order valence-corrected chi connectivity index (χ0v) is 20.8. The molecular weight excluding hydrogens is 450 g/mol. The average Bonchev–Trinajstić information content (AvgIpc) is 3.31. The number of hydrogen-bond donors (Lipinski definition) is 3. The van der Waals surface area contributed by atoms with Crippen LogP contribution in [0.5, 0.6) is 0 Å². The summed E-state index contributed by atoms with van der Waals surface area (Å²) in [5.41, 5.74) is -0.0749. The molecule has 2 atom stereocenters. The van der Waals surface area contributed by atoms with Crippen LogP contribution in [0.3, 0.4) is 0 Å². The Balaban J connectivity index is 1.44. The van der Waals surface area contributed by atoms with Crippen LogP contribution < -0.4 is 10.6 Å². The van der Waals surface area contributed by atoms with Gasteiger partial charge in [-0.25, -0.2) is 9.59 Å². The van der Waals surface area contributed by atoms with Crippen molar-refractivity contribution in [3.63, 3.8) is 0 Å². The van der Waals surface area contributed by atoms with Crippen molar-refractivity contribution in [2.24, 2.45) is 11.8 Å². The highest BCUT2D eigenvalue weighted by atomic mass is 16.6. The summed E-state index contributed by atoms with van der Waals surface area (Å²) in [7, 11) is 0. The molecule has 9 nitrogen and oxygen atoms in total. The largest absolute Gasteiger partial charge is 0.479 e. The Kier molecular flexibility index (Phi) is 8.75. The monoisotopic (exact) mass is 487 g/mol. The fourth-order valence-electron chi connectivity index (χ4n) is 4.76. The van der Waals surface area contributed by atoms with Crippen LogP contribution in [0.2, 0.25) is 0 Å². The van der Waals surface area contributed by atoms with Crippen LogP contribution in [0.15, 0.2) is 30.3 Å². The van der Waals surface area contributed by atoms with Crippen LogP contribution in [-0.2, 0) is 19.1 Å². The number of rotatable bonds is 7. The fraction of sp³-hybridized carbons (Fsp3) is 0.615. The highest BCUT2D eigenvalue weighted by molar-refractivity contribution is 5.87. The molecule has 0 bridgehead atoms. The van der Waals surface area contributed by atoms with Crippen molar-refractivity contribution in [3.05, 3.63) is 35.9 Å². The molecule has 0 radical (unpaired) electrons. The lowest BCUT2D eigenvalue weighted by Gasteiger charge is -2.30. The van der Waals surface area contributed by atoms with E-state index in [9.17, 15) is 24.3 Å². The maximum atomic E-state index is 12.8. The Labute approximate surface area is 206 Å². The van der Waals surface area contributed by atoms with E-state index in [1.54, 1.807) is 51.1 Å². The number of carbonyl (C=O) groups is 4. The van der Waals surface area contributed by atoms with E-state index in [1.807, 2.05) is 0 Å². The van der Waals surface area contributed by atoms with E-state index in [1.165, 1.54) is 4.90 Å². The van der Waals surface area contributed by atoms with Gasteiger partial charge in [0.2, 0.25) is 11.8 Å². The minimum atomic E-state index is -1.09. The zero-order valence-electron chi connectivity index (χ0n) is 20.8. The molecule has 1 saturated carbocycles. The van der Waals surface area contributed by atoms with Crippen LogP contribution in [0.1, 0.15) is 70.9 Å². The van der Waals surface area contributed by atoms with Gasteiger partial charge in [0.25, 0.3) is 0 Å². The number of amides is 3. The van der Waals surface area contributed by atoms with Gasteiger partial charge in [0.15, 0.2) is 6.04 Å². The Morgan fingerprint density at radius 3 is 2.29 bits per heavy atom. The molecule has 2 aliphatic rings. The highest BCUT2D eigenvalue weighted by Crippen LogP contribution is 2.29. The number of hydrogen-bond acceptors (Lipinski definition) is 5. The van der Waals surface area contributed by atoms with Gasteiger partial charge in [0.1, 0.15) is 11.6 Å². The summed E-state index contributed by atoms with van der Waals surface area (Å²) in [6.45, 7) is 6.41. The van der Waals surface area contributed by atoms with Gasteiger partial charge in [-0.2, -0.15) is 0 Å². The predicted octanol–water partition coefficient (Wildman–Crippen LogP) is 3.25. The standard InChI is InChI=1S/C26H37N3O6/c1-26(2,3)35-25(34)29-15-7-10-20(29)23(31)27-16-17-11-13-19(14-12-17)22(30)28-21(24(32)33)18-8-5-4-6-9-18/h4-6,8-9,17,19-21H,7,10-16H2,1-3H3,(H,27,31)(H,28,30)(H,32,33)/t17?,19?,20-,21+/m0/s1. The molecule has 192 valence electrons. The number of carboxylic acids is 1. The second-order valence-electron chi connectivity index (χ2n) is 10.5. The van der Waals surface area contributed by atoms with E-state index in [4.69, 9.17) is 4.74 Å². The van der Waals surface area contributed by atoms with E-state index in [-0.39, 0.29) is 23.7 Å². The minimum Gasteiger partial charge on any atom is -0.479 e. The van der Waals surface area contributed by atoms with Crippen LogP contribution in [-0.4, -0.2) is 58.6 Å². The molecular formula is C26H37N3O6. The van der Waals surface area contributed by atoms with Crippen molar-refractivity contribution in [2.45, 2.75) is 77.0 Å². The first-order valence-corrected chi connectivity index (χ1v) is 12.4. The quantitative estimate of drug-likeness (QED) is 0.542. The van der Waals surface area contributed by atoms with Crippen molar-refractivity contribution < 1.29 is 29.0 Å². The van der Waals surface area contributed by atoms with Crippen molar-refractivity contribution >= 4 is 23.9 Å². The van der Waals surface area contributed by atoms with Gasteiger partial charge in [0, 0.05) is 19.0 Å². The SMILES string of the molecule is CC(C)(C)OC(=O)N1CCC[C@H]1C(=O)NCC1CCC(C(=O)N[C@@H](C(=O)O)c2ccccc2)CC1. The normalized spacial score (nSPS) is 23.3. The molecule has 2 fully saturated rings. The van der Waals surface area contributed by atoms with Crippen molar-refractivity contribution in [3.8, 4) is 0 Å². The summed E-state index contributed by atoms with van der Waals surface area (Å²) in [5, 5.41) is 15.2. The second-order valence-corrected chi connectivity index (χ2v) is 10.5. The first kappa shape index (κ1) is 26.5. The fourth-order valence-corrected chi connectivity index (χ4v) is 4.76. The van der Waals surface area contributed by atoms with Gasteiger partial charge in [-0.3, -0.25) is 14.5 Å². The number of carbonyl (C=O) groups excluding carboxylic acids is 3. The van der Waals surface area contributed by atoms with Gasteiger partial charge in [-0.15, -0.1) is 0 Å². The van der Waals surface area contributed by atoms with E-state index in [0.29, 0.717) is 37.9 Å². The van der Waals surface area contributed by atoms with Gasteiger partial charge < -0.3 is 20.5 Å². The lowest BCUT2D eigenvalue weighted by Crippen LogP contribution is -2.48. The molecule has 35 heavy (non-hydrogen) atoms. The maximum Gasteiger partial charge on any atom is 0.410 e. The Bertz CT molecular complexity index is 905. The zero-order chi connectivity index (χ0) is 25.6. The molecule has 3 rings (SSSR count). The molecule has 9 heteroatoms. The van der Waals surface area contributed by atoms with Crippen LogP contribution in [0.4, 0.5) is 4.79 Å². The third kappa shape index (κ3) is 7.44. The number of carboxylic acid groups (broad SMARTS) is 1. The van der Waals surface area contributed by atoms with Crippen molar-refractivity contribution in [1.82, 2.24) is 15.5 Å².